The lowest BCUT2D eigenvalue weighted by atomic mass is 10.00. The SMILES string of the molecule is CCCCC(CC)CN(C)[SH](=O)=O. The molecule has 0 aliphatic rings. The fourth-order valence-corrected chi connectivity index (χ4v) is 1.72. The molecule has 13 heavy (non-hydrogen) atoms. The highest BCUT2D eigenvalue weighted by Gasteiger charge is 2.09. The van der Waals surface area contributed by atoms with Gasteiger partial charge in [-0.05, 0) is 12.3 Å². The van der Waals surface area contributed by atoms with Gasteiger partial charge in [0.1, 0.15) is 0 Å². The van der Waals surface area contributed by atoms with Crippen molar-refractivity contribution < 1.29 is 8.42 Å². The molecule has 0 heterocycles. The van der Waals surface area contributed by atoms with Gasteiger partial charge in [0.25, 0.3) is 0 Å². The maximum Gasteiger partial charge on any atom is 0.203 e. The normalized spacial score (nSPS) is 13.9. The van der Waals surface area contributed by atoms with Gasteiger partial charge in [-0.25, -0.2) is 12.7 Å². The van der Waals surface area contributed by atoms with Gasteiger partial charge in [0, 0.05) is 13.6 Å². The van der Waals surface area contributed by atoms with Crippen molar-refractivity contribution >= 4 is 10.9 Å². The van der Waals surface area contributed by atoms with Crippen molar-refractivity contribution in [1.29, 1.82) is 0 Å². The van der Waals surface area contributed by atoms with Crippen LogP contribution in [0.5, 0.6) is 0 Å². The van der Waals surface area contributed by atoms with Crippen molar-refractivity contribution in [3.05, 3.63) is 0 Å². The van der Waals surface area contributed by atoms with Gasteiger partial charge in [0.05, 0.1) is 0 Å². The Bertz CT molecular complexity index is 184. The zero-order valence-electron chi connectivity index (χ0n) is 8.82. The Hall–Kier alpha value is -0.0900. The largest absolute Gasteiger partial charge is 0.215 e. The maximum atomic E-state index is 10.6. The molecule has 0 N–H and O–H groups in total. The van der Waals surface area contributed by atoms with E-state index in [9.17, 15) is 8.42 Å². The van der Waals surface area contributed by atoms with Crippen LogP contribution in [0.2, 0.25) is 0 Å². The molecule has 0 aliphatic heterocycles. The molecule has 0 aromatic rings. The number of thiol groups is 1. The number of hydrogen-bond donors (Lipinski definition) is 1. The summed E-state index contributed by atoms with van der Waals surface area (Å²) in [6.45, 7) is 4.95. The lowest BCUT2D eigenvalue weighted by Gasteiger charge is -2.17. The Morgan fingerprint density at radius 2 is 1.92 bits per heavy atom. The first kappa shape index (κ1) is 12.9. The fraction of sp³-hybridized carbons (Fsp3) is 1.00. The van der Waals surface area contributed by atoms with Crippen molar-refractivity contribution in [2.75, 3.05) is 13.6 Å². The molecule has 0 aliphatic carbocycles. The summed E-state index contributed by atoms with van der Waals surface area (Å²) in [5, 5.41) is 0. The minimum absolute atomic E-state index is 0.526. The van der Waals surface area contributed by atoms with Crippen LogP contribution in [-0.4, -0.2) is 26.3 Å². The van der Waals surface area contributed by atoms with Crippen molar-refractivity contribution in [2.45, 2.75) is 39.5 Å². The third kappa shape index (κ3) is 6.05. The second kappa shape index (κ2) is 7.33. The second-order valence-corrected chi connectivity index (χ2v) is 4.65. The van der Waals surface area contributed by atoms with E-state index in [0.717, 1.165) is 12.8 Å². The van der Waals surface area contributed by atoms with Gasteiger partial charge in [-0.2, -0.15) is 0 Å². The van der Waals surface area contributed by atoms with E-state index in [4.69, 9.17) is 0 Å². The predicted molar refractivity (Wildman–Crippen MR) is 56.3 cm³/mol. The zero-order chi connectivity index (χ0) is 10.3. The highest BCUT2D eigenvalue weighted by molar-refractivity contribution is 7.69. The van der Waals surface area contributed by atoms with Crippen molar-refractivity contribution in [1.82, 2.24) is 4.31 Å². The summed E-state index contributed by atoms with van der Waals surface area (Å²) in [4.78, 5) is 0. The van der Waals surface area contributed by atoms with Crippen LogP contribution in [0.1, 0.15) is 39.5 Å². The predicted octanol–water partition coefficient (Wildman–Crippen LogP) is 1.66. The molecule has 1 atom stereocenters. The van der Waals surface area contributed by atoms with Crippen molar-refractivity contribution in [2.24, 2.45) is 5.92 Å². The summed E-state index contributed by atoms with van der Waals surface area (Å²) in [5.74, 6) is 0.526. The molecule has 0 spiro atoms. The fourth-order valence-electron chi connectivity index (χ4n) is 1.36. The number of rotatable bonds is 7. The summed E-state index contributed by atoms with van der Waals surface area (Å²) in [6.07, 6.45) is 4.58. The van der Waals surface area contributed by atoms with E-state index in [2.05, 4.69) is 13.8 Å². The first-order chi connectivity index (χ1) is 6.11. The van der Waals surface area contributed by atoms with Crippen LogP contribution in [0.25, 0.3) is 0 Å². The molecule has 80 valence electrons. The topological polar surface area (TPSA) is 37.4 Å². The van der Waals surface area contributed by atoms with Crippen LogP contribution in [0.15, 0.2) is 0 Å². The Balaban J connectivity index is 3.82. The Kier molecular flexibility index (Phi) is 7.28. The Labute approximate surface area is 83.2 Å². The number of hydrogen-bond acceptors (Lipinski definition) is 2. The van der Waals surface area contributed by atoms with Gasteiger partial charge >= 0.3 is 0 Å². The summed E-state index contributed by atoms with van der Waals surface area (Å²) in [7, 11) is -0.742. The second-order valence-electron chi connectivity index (χ2n) is 3.49. The summed E-state index contributed by atoms with van der Waals surface area (Å²) >= 11 is 0. The summed E-state index contributed by atoms with van der Waals surface area (Å²) in [6, 6.07) is 0. The van der Waals surface area contributed by atoms with E-state index in [1.54, 1.807) is 7.05 Å². The van der Waals surface area contributed by atoms with Crippen LogP contribution < -0.4 is 0 Å². The molecule has 0 saturated heterocycles. The molecule has 0 bridgehead atoms. The molecule has 4 heteroatoms. The van der Waals surface area contributed by atoms with E-state index >= 15 is 0 Å². The summed E-state index contributed by atoms with van der Waals surface area (Å²) < 4.78 is 22.6. The minimum Gasteiger partial charge on any atom is -0.215 e. The first-order valence-corrected chi connectivity index (χ1v) is 6.10. The van der Waals surface area contributed by atoms with Gasteiger partial charge in [-0.15, -0.1) is 0 Å². The number of nitrogens with zero attached hydrogens (tertiary/aromatic N) is 1. The molecule has 0 saturated carbocycles. The standard InChI is InChI=1S/C9H21NO2S/c1-4-6-7-9(5-2)8-10(3)13(11)12/h9,13H,4-8H2,1-3H3. The maximum absolute atomic E-state index is 10.6. The van der Waals surface area contributed by atoms with Gasteiger partial charge < -0.3 is 0 Å². The van der Waals surface area contributed by atoms with Gasteiger partial charge in [0.15, 0.2) is 0 Å². The lowest BCUT2D eigenvalue weighted by molar-refractivity contribution is 0.356. The smallest absolute Gasteiger partial charge is 0.203 e. The van der Waals surface area contributed by atoms with E-state index in [-0.39, 0.29) is 0 Å². The third-order valence-corrected chi connectivity index (χ3v) is 3.07. The zero-order valence-corrected chi connectivity index (χ0v) is 9.72. The molecular formula is C9H21NO2S. The lowest BCUT2D eigenvalue weighted by Crippen LogP contribution is -2.24. The van der Waals surface area contributed by atoms with Crippen LogP contribution >= 0.6 is 0 Å². The van der Waals surface area contributed by atoms with Crippen LogP contribution in [0.3, 0.4) is 0 Å². The minimum atomic E-state index is -2.38. The Morgan fingerprint density at radius 1 is 1.31 bits per heavy atom. The molecule has 1 unspecified atom stereocenters. The molecule has 0 amide bonds. The third-order valence-electron chi connectivity index (χ3n) is 2.34. The van der Waals surface area contributed by atoms with Gasteiger partial charge in [-0.3, -0.25) is 0 Å². The highest BCUT2D eigenvalue weighted by atomic mass is 32.2. The molecule has 0 aromatic carbocycles. The van der Waals surface area contributed by atoms with Gasteiger partial charge in [0.2, 0.25) is 10.9 Å². The first-order valence-electron chi connectivity index (χ1n) is 4.97. The molecule has 3 nitrogen and oxygen atoms in total. The molecule has 0 fully saturated rings. The summed E-state index contributed by atoms with van der Waals surface area (Å²) in [5.41, 5.74) is 0. The van der Waals surface area contributed by atoms with E-state index in [0.29, 0.717) is 12.5 Å². The van der Waals surface area contributed by atoms with Crippen LogP contribution in [0, 0.1) is 5.92 Å². The highest BCUT2D eigenvalue weighted by Crippen LogP contribution is 2.13. The van der Waals surface area contributed by atoms with Crippen LogP contribution in [0.4, 0.5) is 0 Å². The van der Waals surface area contributed by atoms with Gasteiger partial charge in [-0.1, -0.05) is 33.1 Å². The average Bonchev–Trinajstić information content (AvgIpc) is 2.11. The van der Waals surface area contributed by atoms with Crippen molar-refractivity contribution in [3.8, 4) is 0 Å². The molecule has 0 radical (unpaired) electrons. The van der Waals surface area contributed by atoms with Crippen molar-refractivity contribution in [3.63, 3.8) is 0 Å². The number of unbranched alkanes of at least 4 members (excludes halogenated alkanes) is 1. The quantitative estimate of drug-likeness (QED) is 0.645. The molecule has 0 rings (SSSR count). The van der Waals surface area contributed by atoms with E-state index < -0.39 is 10.9 Å². The van der Waals surface area contributed by atoms with E-state index in [1.165, 1.54) is 17.1 Å². The molecular weight excluding hydrogens is 186 g/mol. The molecule has 0 aromatic heterocycles. The monoisotopic (exact) mass is 207 g/mol. The Morgan fingerprint density at radius 3 is 2.31 bits per heavy atom. The average molecular weight is 207 g/mol. The van der Waals surface area contributed by atoms with Crippen LogP contribution in [-0.2, 0) is 10.9 Å². The van der Waals surface area contributed by atoms with E-state index in [1.807, 2.05) is 0 Å².